The molecule has 0 saturated carbocycles. The van der Waals surface area contributed by atoms with E-state index in [1.165, 1.54) is 6.26 Å². The van der Waals surface area contributed by atoms with Crippen molar-refractivity contribution in [3.63, 3.8) is 0 Å². The maximum atomic E-state index is 11.7. The van der Waals surface area contributed by atoms with Crippen LogP contribution in [0.1, 0.15) is 29.1 Å². The van der Waals surface area contributed by atoms with Crippen LogP contribution in [0.15, 0.2) is 46.0 Å². The lowest BCUT2D eigenvalue weighted by molar-refractivity contribution is 0.0927. The molecule has 25 heavy (non-hydrogen) atoms. The van der Waals surface area contributed by atoms with Crippen LogP contribution in [-0.2, 0) is 0 Å². The van der Waals surface area contributed by atoms with E-state index in [2.05, 4.69) is 15.6 Å². The highest BCUT2D eigenvalue weighted by molar-refractivity contribution is 14.0. The summed E-state index contributed by atoms with van der Waals surface area (Å²) in [5, 5.41) is 6.85. The Kier molecular flexibility index (Phi) is 9.09. The summed E-state index contributed by atoms with van der Waals surface area (Å²) >= 11 is 12.0. The first-order chi connectivity index (χ1) is 11.5. The van der Waals surface area contributed by atoms with Crippen LogP contribution < -0.4 is 16.4 Å². The van der Waals surface area contributed by atoms with E-state index in [4.69, 9.17) is 33.4 Å². The summed E-state index contributed by atoms with van der Waals surface area (Å²) in [6.45, 7) is 2.60. The molecule has 0 aliphatic heterocycles. The lowest BCUT2D eigenvalue weighted by atomic mass is 10.1. The number of benzene rings is 1. The predicted molar refractivity (Wildman–Crippen MR) is 111 cm³/mol. The molecule has 136 valence electrons. The molecule has 2 aromatic rings. The summed E-state index contributed by atoms with van der Waals surface area (Å²) < 4.78 is 4.99. The van der Waals surface area contributed by atoms with E-state index in [0.29, 0.717) is 23.1 Å². The highest BCUT2D eigenvalue weighted by Crippen LogP contribution is 2.25. The number of halogens is 3. The van der Waals surface area contributed by atoms with Gasteiger partial charge >= 0.3 is 0 Å². The largest absolute Gasteiger partial charge is 0.459 e. The third kappa shape index (κ3) is 6.75. The molecule has 2 rings (SSSR count). The van der Waals surface area contributed by atoms with Gasteiger partial charge in [-0.3, -0.25) is 9.79 Å². The first-order valence-electron chi connectivity index (χ1n) is 7.30. The fraction of sp³-hybridized carbons (Fsp3) is 0.250. The van der Waals surface area contributed by atoms with Gasteiger partial charge in [-0.15, -0.1) is 24.0 Å². The number of nitrogens with one attached hydrogen (secondary N) is 2. The van der Waals surface area contributed by atoms with Crippen molar-refractivity contribution >= 4 is 59.0 Å². The molecule has 0 radical (unpaired) electrons. The van der Waals surface area contributed by atoms with Crippen LogP contribution in [0.25, 0.3) is 0 Å². The Morgan fingerprint density at radius 3 is 2.76 bits per heavy atom. The van der Waals surface area contributed by atoms with Crippen LogP contribution in [0.5, 0.6) is 0 Å². The van der Waals surface area contributed by atoms with E-state index < -0.39 is 0 Å². The van der Waals surface area contributed by atoms with Crippen molar-refractivity contribution in [2.24, 2.45) is 10.7 Å². The standard InChI is InChI=1S/C16H18Cl2N4O2.HI/c1-10(12-5-4-11(17)9-13(12)18)22-16(19)21-7-6-20-15(23)14-3-2-8-24-14;/h2-5,8-10H,6-7H2,1H3,(H,20,23)(H3,19,21,22);1H. The van der Waals surface area contributed by atoms with Crippen LogP contribution in [0.4, 0.5) is 0 Å². The first-order valence-corrected chi connectivity index (χ1v) is 8.06. The number of furan rings is 1. The molecule has 0 aliphatic carbocycles. The Bertz CT molecular complexity index is 723. The van der Waals surface area contributed by atoms with E-state index in [1.54, 1.807) is 24.3 Å². The first kappa shape index (κ1) is 21.6. The molecule has 1 amide bonds. The number of nitrogens with zero attached hydrogens (tertiary/aromatic N) is 1. The fourth-order valence-corrected chi connectivity index (χ4v) is 2.61. The van der Waals surface area contributed by atoms with Crippen LogP contribution in [-0.4, -0.2) is 25.0 Å². The predicted octanol–water partition coefficient (Wildman–Crippen LogP) is 3.60. The summed E-state index contributed by atoms with van der Waals surface area (Å²) in [6.07, 6.45) is 1.44. The van der Waals surface area contributed by atoms with Gasteiger partial charge in [-0.2, -0.15) is 0 Å². The Morgan fingerprint density at radius 2 is 2.12 bits per heavy atom. The van der Waals surface area contributed by atoms with Gasteiger partial charge in [0.1, 0.15) is 0 Å². The van der Waals surface area contributed by atoms with Gasteiger partial charge < -0.3 is 20.8 Å². The molecule has 0 saturated heterocycles. The molecule has 0 fully saturated rings. The number of rotatable bonds is 6. The maximum absolute atomic E-state index is 11.7. The summed E-state index contributed by atoms with van der Waals surface area (Å²) in [5.74, 6) is 0.236. The summed E-state index contributed by atoms with van der Waals surface area (Å²) in [4.78, 5) is 15.8. The molecule has 1 atom stereocenters. The minimum atomic E-state index is -0.289. The SMILES string of the molecule is CC(NC(N)=NCCNC(=O)c1ccco1)c1ccc(Cl)cc1Cl.I. The molecular formula is C16H19Cl2IN4O2. The van der Waals surface area contributed by atoms with Gasteiger partial charge in [0.15, 0.2) is 11.7 Å². The average molecular weight is 497 g/mol. The number of hydrogen-bond donors (Lipinski definition) is 3. The monoisotopic (exact) mass is 496 g/mol. The highest BCUT2D eigenvalue weighted by Gasteiger charge is 2.11. The molecule has 1 aromatic heterocycles. The molecule has 0 spiro atoms. The minimum Gasteiger partial charge on any atom is -0.459 e. The molecule has 0 bridgehead atoms. The van der Waals surface area contributed by atoms with Gasteiger partial charge in [-0.1, -0.05) is 29.3 Å². The number of carbonyl (C=O) groups excluding carboxylic acids is 1. The number of aliphatic imine (C=N–C) groups is 1. The van der Waals surface area contributed by atoms with Crippen molar-refractivity contribution < 1.29 is 9.21 Å². The molecule has 1 aromatic carbocycles. The van der Waals surface area contributed by atoms with Crippen molar-refractivity contribution in [1.29, 1.82) is 0 Å². The van der Waals surface area contributed by atoms with Crippen molar-refractivity contribution in [3.8, 4) is 0 Å². The van der Waals surface area contributed by atoms with Crippen LogP contribution >= 0.6 is 47.2 Å². The normalized spacial score (nSPS) is 12.2. The van der Waals surface area contributed by atoms with Gasteiger partial charge in [-0.05, 0) is 36.8 Å². The topological polar surface area (TPSA) is 92.6 Å². The number of hydrogen-bond acceptors (Lipinski definition) is 3. The highest BCUT2D eigenvalue weighted by atomic mass is 127. The molecule has 6 nitrogen and oxygen atoms in total. The van der Waals surface area contributed by atoms with Crippen molar-refractivity contribution in [3.05, 3.63) is 58.0 Å². The number of nitrogens with two attached hydrogens (primary N) is 1. The molecule has 1 unspecified atom stereocenters. The van der Waals surface area contributed by atoms with Gasteiger partial charge in [0.25, 0.3) is 5.91 Å². The molecule has 9 heteroatoms. The molecule has 0 aliphatic rings. The quantitative estimate of drug-likeness (QED) is 0.246. The molecule has 1 heterocycles. The summed E-state index contributed by atoms with van der Waals surface area (Å²) in [6, 6.07) is 8.38. The van der Waals surface area contributed by atoms with Crippen LogP contribution in [0, 0.1) is 0 Å². The van der Waals surface area contributed by atoms with E-state index >= 15 is 0 Å². The smallest absolute Gasteiger partial charge is 0.287 e. The summed E-state index contributed by atoms with van der Waals surface area (Å²) in [5.41, 5.74) is 6.71. The maximum Gasteiger partial charge on any atom is 0.287 e. The van der Waals surface area contributed by atoms with Gasteiger partial charge in [0.2, 0.25) is 0 Å². The zero-order valence-corrected chi connectivity index (χ0v) is 17.3. The van der Waals surface area contributed by atoms with Crippen LogP contribution in [0.3, 0.4) is 0 Å². The van der Waals surface area contributed by atoms with E-state index in [-0.39, 0.29) is 47.6 Å². The van der Waals surface area contributed by atoms with Crippen molar-refractivity contribution in [2.45, 2.75) is 13.0 Å². The average Bonchev–Trinajstić information content (AvgIpc) is 3.05. The lowest BCUT2D eigenvalue weighted by Gasteiger charge is -2.16. The second-order valence-electron chi connectivity index (χ2n) is 5.03. The van der Waals surface area contributed by atoms with Crippen molar-refractivity contribution in [1.82, 2.24) is 10.6 Å². The zero-order chi connectivity index (χ0) is 17.5. The lowest BCUT2D eigenvalue weighted by Crippen LogP contribution is -2.35. The summed E-state index contributed by atoms with van der Waals surface area (Å²) in [7, 11) is 0. The van der Waals surface area contributed by atoms with E-state index in [0.717, 1.165) is 5.56 Å². The number of carbonyl (C=O) groups is 1. The second-order valence-corrected chi connectivity index (χ2v) is 5.88. The fourth-order valence-electron chi connectivity index (χ4n) is 2.04. The number of amides is 1. The third-order valence-electron chi connectivity index (χ3n) is 3.22. The second kappa shape index (κ2) is 10.5. The minimum absolute atomic E-state index is 0. The zero-order valence-electron chi connectivity index (χ0n) is 13.5. The Hall–Kier alpha value is -1.45. The van der Waals surface area contributed by atoms with Gasteiger partial charge in [0, 0.05) is 16.6 Å². The Labute approximate surface area is 173 Å². The number of guanidine groups is 1. The van der Waals surface area contributed by atoms with E-state index in [1.807, 2.05) is 13.0 Å². The Balaban J connectivity index is 0.00000312. The molecular weight excluding hydrogens is 478 g/mol. The van der Waals surface area contributed by atoms with Gasteiger partial charge in [0.05, 0.1) is 18.8 Å². The van der Waals surface area contributed by atoms with Crippen LogP contribution in [0.2, 0.25) is 10.0 Å². The van der Waals surface area contributed by atoms with E-state index in [9.17, 15) is 4.79 Å². The van der Waals surface area contributed by atoms with Gasteiger partial charge in [-0.25, -0.2) is 0 Å². The molecule has 4 N–H and O–H groups in total. The van der Waals surface area contributed by atoms with Crippen molar-refractivity contribution in [2.75, 3.05) is 13.1 Å². The Morgan fingerprint density at radius 1 is 1.36 bits per heavy atom. The third-order valence-corrected chi connectivity index (χ3v) is 3.78.